The fraction of sp³-hybridized carbons (Fsp3) is 0.600. The Morgan fingerprint density at radius 1 is 1.26 bits per heavy atom. The molecule has 0 radical (unpaired) electrons. The van der Waals surface area contributed by atoms with Gasteiger partial charge in [0.1, 0.15) is 5.75 Å². The normalized spacial score (nSPS) is 14.4. The van der Waals surface area contributed by atoms with E-state index >= 15 is 0 Å². The summed E-state index contributed by atoms with van der Waals surface area (Å²) in [5.74, 6) is 0.882. The van der Waals surface area contributed by atoms with Gasteiger partial charge < -0.3 is 20.5 Å². The van der Waals surface area contributed by atoms with Crippen molar-refractivity contribution in [3.8, 4) is 5.75 Å². The molecule has 0 amide bonds. The van der Waals surface area contributed by atoms with E-state index in [1.165, 1.54) is 0 Å². The van der Waals surface area contributed by atoms with E-state index in [0.29, 0.717) is 6.54 Å². The van der Waals surface area contributed by atoms with Crippen molar-refractivity contribution in [1.29, 1.82) is 0 Å². The monoisotopic (exact) mass is 266 g/mol. The van der Waals surface area contributed by atoms with Gasteiger partial charge in [0.15, 0.2) is 0 Å². The largest absolute Gasteiger partial charge is 0.491 e. The van der Waals surface area contributed by atoms with Gasteiger partial charge in [0.2, 0.25) is 0 Å². The van der Waals surface area contributed by atoms with Crippen molar-refractivity contribution < 1.29 is 9.47 Å². The van der Waals surface area contributed by atoms with Crippen molar-refractivity contribution >= 4 is 0 Å². The first kappa shape index (κ1) is 16.0. The molecule has 0 bridgehead atoms. The lowest BCUT2D eigenvalue weighted by atomic mass is 10.1. The number of rotatable bonds is 8. The summed E-state index contributed by atoms with van der Waals surface area (Å²) in [4.78, 5) is 0. The third kappa shape index (κ3) is 5.59. The molecule has 19 heavy (non-hydrogen) atoms. The topological polar surface area (TPSA) is 56.5 Å². The fourth-order valence-corrected chi connectivity index (χ4v) is 1.81. The lowest BCUT2D eigenvalue weighted by Gasteiger charge is -2.20. The summed E-state index contributed by atoms with van der Waals surface area (Å²) >= 11 is 0. The minimum Gasteiger partial charge on any atom is -0.491 e. The van der Waals surface area contributed by atoms with Crippen LogP contribution in [-0.2, 0) is 4.74 Å². The highest BCUT2D eigenvalue weighted by molar-refractivity contribution is 5.31. The molecule has 0 spiro atoms. The van der Waals surface area contributed by atoms with Crippen LogP contribution in [0.4, 0.5) is 0 Å². The Hall–Kier alpha value is -1.10. The van der Waals surface area contributed by atoms with Gasteiger partial charge in [-0.15, -0.1) is 0 Å². The van der Waals surface area contributed by atoms with Gasteiger partial charge in [0, 0.05) is 26.2 Å². The molecular weight excluding hydrogens is 240 g/mol. The molecule has 0 aliphatic heterocycles. The zero-order valence-corrected chi connectivity index (χ0v) is 12.3. The molecule has 2 atom stereocenters. The molecular formula is C15H26N2O2. The van der Waals surface area contributed by atoms with Gasteiger partial charge in [-0.05, 0) is 38.5 Å². The fourth-order valence-electron chi connectivity index (χ4n) is 1.81. The second-order valence-corrected chi connectivity index (χ2v) is 4.98. The number of hydrogen-bond donors (Lipinski definition) is 2. The molecule has 0 fully saturated rings. The van der Waals surface area contributed by atoms with E-state index in [4.69, 9.17) is 15.2 Å². The molecule has 4 nitrogen and oxygen atoms in total. The van der Waals surface area contributed by atoms with Crippen molar-refractivity contribution in [2.24, 2.45) is 5.73 Å². The molecule has 0 saturated heterocycles. The Kier molecular flexibility index (Phi) is 6.84. The van der Waals surface area contributed by atoms with Gasteiger partial charge in [-0.3, -0.25) is 0 Å². The highest BCUT2D eigenvalue weighted by atomic mass is 16.5. The van der Waals surface area contributed by atoms with E-state index in [9.17, 15) is 0 Å². The zero-order valence-electron chi connectivity index (χ0n) is 12.3. The number of benzene rings is 1. The Balaban J connectivity index is 2.69. The predicted octanol–water partition coefficient (Wildman–Crippen LogP) is 2.10. The molecule has 4 heteroatoms. The minimum atomic E-state index is 0.119. The molecule has 0 aromatic heterocycles. The van der Waals surface area contributed by atoms with E-state index in [-0.39, 0.29) is 18.2 Å². The molecule has 0 heterocycles. The molecule has 1 rings (SSSR count). The lowest BCUT2D eigenvalue weighted by molar-refractivity contribution is 0.114. The van der Waals surface area contributed by atoms with Crippen molar-refractivity contribution in [2.75, 3.05) is 20.2 Å². The van der Waals surface area contributed by atoms with Crippen LogP contribution in [0.2, 0.25) is 0 Å². The number of methoxy groups -OCH3 is 1. The van der Waals surface area contributed by atoms with Gasteiger partial charge in [0.25, 0.3) is 0 Å². The van der Waals surface area contributed by atoms with Crippen LogP contribution in [0.5, 0.6) is 5.75 Å². The Labute approximate surface area is 116 Å². The number of ether oxygens (including phenoxy) is 2. The van der Waals surface area contributed by atoms with Crippen molar-refractivity contribution in [3.63, 3.8) is 0 Å². The van der Waals surface area contributed by atoms with Crippen molar-refractivity contribution in [2.45, 2.75) is 39.0 Å². The first-order valence-corrected chi connectivity index (χ1v) is 6.79. The van der Waals surface area contributed by atoms with Crippen LogP contribution in [0.15, 0.2) is 24.3 Å². The van der Waals surface area contributed by atoms with E-state index in [1.54, 1.807) is 7.11 Å². The zero-order chi connectivity index (χ0) is 14.3. The molecule has 1 aromatic carbocycles. The summed E-state index contributed by atoms with van der Waals surface area (Å²) in [6, 6.07) is 8.19. The van der Waals surface area contributed by atoms with Crippen LogP contribution in [-0.4, -0.2) is 32.4 Å². The lowest BCUT2D eigenvalue weighted by Crippen LogP contribution is -2.34. The maximum atomic E-state index is 5.84. The highest BCUT2D eigenvalue weighted by Crippen LogP contribution is 2.19. The summed E-state index contributed by atoms with van der Waals surface area (Å²) in [6.45, 7) is 7.38. The van der Waals surface area contributed by atoms with Crippen LogP contribution in [0.1, 0.15) is 32.4 Å². The van der Waals surface area contributed by atoms with Gasteiger partial charge in [-0.1, -0.05) is 12.1 Å². The van der Waals surface area contributed by atoms with Crippen LogP contribution >= 0.6 is 0 Å². The summed E-state index contributed by atoms with van der Waals surface area (Å²) in [5, 5.41) is 3.41. The SMILES string of the molecule is COC(C)CNC(CN)c1cccc(OC(C)C)c1. The molecule has 3 N–H and O–H groups in total. The Morgan fingerprint density at radius 2 is 2.00 bits per heavy atom. The maximum absolute atomic E-state index is 5.84. The Bertz CT molecular complexity index is 369. The molecule has 108 valence electrons. The van der Waals surface area contributed by atoms with E-state index in [2.05, 4.69) is 11.4 Å². The predicted molar refractivity (Wildman–Crippen MR) is 78.5 cm³/mol. The molecule has 0 aliphatic rings. The number of nitrogens with two attached hydrogens (primary N) is 1. The average molecular weight is 266 g/mol. The maximum Gasteiger partial charge on any atom is 0.120 e. The van der Waals surface area contributed by atoms with Gasteiger partial charge >= 0.3 is 0 Å². The molecule has 1 aromatic rings. The van der Waals surface area contributed by atoms with E-state index in [1.807, 2.05) is 39.0 Å². The first-order chi connectivity index (χ1) is 9.06. The van der Waals surface area contributed by atoms with Crippen LogP contribution in [0.25, 0.3) is 0 Å². The molecule has 0 saturated carbocycles. The smallest absolute Gasteiger partial charge is 0.120 e. The van der Waals surface area contributed by atoms with E-state index in [0.717, 1.165) is 17.9 Å². The van der Waals surface area contributed by atoms with Crippen molar-refractivity contribution in [3.05, 3.63) is 29.8 Å². The average Bonchev–Trinajstić information content (AvgIpc) is 2.38. The summed E-state index contributed by atoms with van der Waals surface area (Å²) in [6.07, 6.45) is 0.345. The summed E-state index contributed by atoms with van der Waals surface area (Å²) in [7, 11) is 1.71. The highest BCUT2D eigenvalue weighted by Gasteiger charge is 2.11. The molecule has 0 aliphatic carbocycles. The van der Waals surface area contributed by atoms with Gasteiger partial charge in [0.05, 0.1) is 12.2 Å². The summed E-state index contributed by atoms with van der Waals surface area (Å²) in [5.41, 5.74) is 6.98. The first-order valence-electron chi connectivity index (χ1n) is 6.79. The second kappa shape index (κ2) is 8.15. The standard InChI is InChI=1S/C15H26N2O2/c1-11(2)19-14-7-5-6-13(8-14)15(9-16)17-10-12(3)18-4/h5-8,11-12,15,17H,9-10,16H2,1-4H3. The second-order valence-electron chi connectivity index (χ2n) is 4.98. The van der Waals surface area contributed by atoms with Gasteiger partial charge in [-0.2, -0.15) is 0 Å². The Morgan fingerprint density at radius 3 is 2.58 bits per heavy atom. The van der Waals surface area contributed by atoms with Crippen LogP contribution in [0, 0.1) is 0 Å². The van der Waals surface area contributed by atoms with Crippen LogP contribution in [0.3, 0.4) is 0 Å². The minimum absolute atomic E-state index is 0.119. The number of nitrogens with one attached hydrogen (secondary N) is 1. The van der Waals surface area contributed by atoms with Gasteiger partial charge in [-0.25, -0.2) is 0 Å². The quantitative estimate of drug-likeness (QED) is 0.756. The summed E-state index contributed by atoms with van der Waals surface area (Å²) < 4.78 is 10.9. The number of hydrogen-bond acceptors (Lipinski definition) is 4. The van der Waals surface area contributed by atoms with Crippen LogP contribution < -0.4 is 15.8 Å². The van der Waals surface area contributed by atoms with Crippen molar-refractivity contribution in [1.82, 2.24) is 5.32 Å². The van der Waals surface area contributed by atoms with E-state index < -0.39 is 0 Å². The third-order valence-electron chi connectivity index (χ3n) is 2.92. The third-order valence-corrected chi connectivity index (χ3v) is 2.92. The molecule has 2 unspecified atom stereocenters.